The number of nitrogens with zero attached hydrogens (tertiary/aromatic N) is 2. The third-order valence-corrected chi connectivity index (χ3v) is 3.13. The molecule has 0 aliphatic rings. The summed E-state index contributed by atoms with van der Waals surface area (Å²) in [7, 11) is 0. The predicted octanol–water partition coefficient (Wildman–Crippen LogP) is 1.76. The van der Waals surface area contributed by atoms with Gasteiger partial charge in [0.2, 0.25) is 0 Å². The van der Waals surface area contributed by atoms with Gasteiger partial charge in [0.25, 0.3) is 5.91 Å². The molecule has 106 valence electrons. The standard InChI is InChI=1S/C15H19N3O2/c1-2-14(19)8-10-16-15(20)12-4-6-13(7-5-12)18-11-3-9-17-18/h3-7,9,11,14,19H,2,8,10H2,1H3,(H,16,20). The van der Waals surface area contributed by atoms with Gasteiger partial charge in [-0.15, -0.1) is 0 Å². The molecule has 1 atom stereocenters. The zero-order valence-corrected chi connectivity index (χ0v) is 11.5. The number of hydrogen-bond donors (Lipinski definition) is 2. The number of nitrogens with one attached hydrogen (secondary N) is 1. The van der Waals surface area contributed by atoms with E-state index in [0.717, 1.165) is 5.69 Å². The zero-order valence-electron chi connectivity index (χ0n) is 11.5. The topological polar surface area (TPSA) is 67.2 Å². The van der Waals surface area contributed by atoms with Gasteiger partial charge in [0, 0.05) is 24.5 Å². The Hall–Kier alpha value is -2.14. The quantitative estimate of drug-likeness (QED) is 0.842. The molecule has 2 rings (SSSR count). The van der Waals surface area contributed by atoms with Gasteiger partial charge in [-0.2, -0.15) is 5.10 Å². The van der Waals surface area contributed by atoms with E-state index in [4.69, 9.17) is 0 Å². The van der Waals surface area contributed by atoms with Gasteiger partial charge in [-0.1, -0.05) is 6.92 Å². The van der Waals surface area contributed by atoms with Gasteiger partial charge >= 0.3 is 0 Å². The fourth-order valence-electron chi connectivity index (χ4n) is 1.85. The minimum Gasteiger partial charge on any atom is -0.393 e. The van der Waals surface area contributed by atoms with E-state index in [1.807, 2.05) is 31.3 Å². The van der Waals surface area contributed by atoms with Gasteiger partial charge in [-0.05, 0) is 43.2 Å². The molecule has 0 saturated carbocycles. The third kappa shape index (κ3) is 3.68. The first-order valence-corrected chi connectivity index (χ1v) is 6.77. The van der Waals surface area contributed by atoms with E-state index in [9.17, 15) is 9.90 Å². The van der Waals surface area contributed by atoms with Gasteiger partial charge in [0.15, 0.2) is 0 Å². The average Bonchev–Trinajstić information content (AvgIpc) is 3.01. The monoisotopic (exact) mass is 273 g/mol. The van der Waals surface area contributed by atoms with E-state index >= 15 is 0 Å². The van der Waals surface area contributed by atoms with Crippen LogP contribution in [0.15, 0.2) is 42.7 Å². The summed E-state index contributed by atoms with van der Waals surface area (Å²) in [4.78, 5) is 11.9. The minimum atomic E-state index is -0.350. The molecule has 1 heterocycles. The van der Waals surface area contributed by atoms with Crippen LogP contribution in [0, 0.1) is 0 Å². The molecular weight excluding hydrogens is 254 g/mol. The van der Waals surface area contributed by atoms with Crippen molar-refractivity contribution in [2.75, 3.05) is 6.54 Å². The van der Waals surface area contributed by atoms with Crippen LogP contribution in [0.1, 0.15) is 30.1 Å². The largest absolute Gasteiger partial charge is 0.393 e. The van der Waals surface area contributed by atoms with Crippen molar-refractivity contribution in [1.29, 1.82) is 0 Å². The van der Waals surface area contributed by atoms with Crippen molar-refractivity contribution in [3.05, 3.63) is 48.3 Å². The number of carbonyl (C=O) groups excluding carboxylic acids is 1. The first-order valence-electron chi connectivity index (χ1n) is 6.77. The first-order chi connectivity index (χ1) is 9.70. The highest BCUT2D eigenvalue weighted by atomic mass is 16.3. The number of benzene rings is 1. The maximum absolute atomic E-state index is 11.9. The Morgan fingerprint density at radius 1 is 1.40 bits per heavy atom. The molecule has 1 unspecified atom stereocenters. The Kier molecular flexibility index (Phi) is 4.90. The number of hydrogen-bond acceptors (Lipinski definition) is 3. The van der Waals surface area contributed by atoms with E-state index in [2.05, 4.69) is 10.4 Å². The molecular formula is C15H19N3O2. The van der Waals surface area contributed by atoms with Crippen molar-refractivity contribution in [3.63, 3.8) is 0 Å². The molecule has 2 aromatic rings. The lowest BCUT2D eigenvalue weighted by Crippen LogP contribution is -2.26. The van der Waals surface area contributed by atoms with Crippen LogP contribution in [0.5, 0.6) is 0 Å². The van der Waals surface area contributed by atoms with Crippen molar-refractivity contribution in [2.45, 2.75) is 25.9 Å². The summed E-state index contributed by atoms with van der Waals surface area (Å²) in [6.07, 6.45) is 4.49. The van der Waals surface area contributed by atoms with Gasteiger partial charge in [-0.25, -0.2) is 4.68 Å². The van der Waals surface area contributed by atoms with Gasteiger partial charge in [0.1, 0.15) is 0 Å². The highest BCUT2D eigenvalue weighted by Crippen LogP contribution is 2.08. The van der Waals surface area contributed by atoms with Crippen LogP contribution in [0.2, 0.25) is 0 Å². The summed E-state index contributed by atoms with van der Waals surface area (Å²) in [6.45, 7) is 2.40. The Morgan fingerprint density at radius 2 is 2.15 bits per heavy atom. The predicted molar refractivity (Wildman–Crippen MR) is 76.8 cm³/mol. The smallest absolute Gasteiger partial charge is 0.251 e. The lowest BCUT2D eigenvalue weighted by atomic mass is 10.1. The lowest BCUT2D eigenvalue weighted by molar-refractivity contribution is 0.0942. The number of aliphatic hydroxyl groups excluding tert-OH is 1. The number of amides is 1. The zero-order chi connectivity index (χ0) is 14.4. The fraction of sp³-hybridized carbons (Fsp3) is 0.333. The Balaban J connectivity index is 1.91. The molecule has 20 heavy (non-hydrogen) atoms. The molecule has 0 saturated heterocycles. The van der Waals surface area contributed by atoms with Gasteiger partial charge in [0.05, 0.1) is 11.8 Å². The van der Waals surface area contributed by atoms with E-state index in [0.29, 0.717) is 24.9 Å². The van der Waals surface area contributed by atoms with Crippen LogP contribution < -0.4 is 5.32 Å². The van der Waals surface area contributed by atoms with Crippen molar-refractivity contribution >= 4 is 5.91 Å². The summed E-state index contributed by atoms with van der Waals surface area (Å²) in [6, 6.07) is 9.08. The molecule has 5 heteroatoms. The van der Waals surface area contributed by atoms with Crippen LogP contribution in [-0.2, 0) is 0 Å². The van der Waals surface area contributed by atoms with E-state index in [-0.39, 0.29) is 12.0 Å². The molecule has 0 aliphatic heterocycles. The normalized spacial score (nSPS) is 12.1. The fourth-order valence-corrected chi connectivity index (χ4v) is 1.85. The van der Waals surface area contributed by atoms with Crippen molar-refractivity contribution in [1.82, 2.24) is 15.1 Å². The summed E-state index contributed by atoms with van der Waals surface area (Å²) in [5.74, 6) is -0.125. The van der Waals surface area contributed by atoms with Crippen LogP contribution >= 0.6 is 0 Å². The Labute approximate surface area is 118 Å². The van der Waals surface area contributed by atoms with Crippen LogP contribution in [0.3, 0.4) is 0 Å². The second kappa shape index (κ2) is 6.86. The lowest BCUT2D eigenvalue weighted by Gasteiger charge is -2.09. The second-order valence-electron chi connectivity index (χ2n) is 4.60. The average molecular weight is 273 g/mol. The molecule has 0 radical (unpaired) electrons. The molecule has 0 aliphatic carbocycles. The van der Waals surface area contributed by atoms with Crippen molar-refractivity contribution < 1.29 is 9.90 Å². The van der Waals surface area contributed by atoms with Crippen LogP contribution in [0.4, 0.5) is 0 Å². The molecule has 1 aromatic carbocycles. The first kappa shape index (κ1) is 14.3. The molecule has 0 fully saturated rings. The van der Waals surface area contributed by atoms with Crippen molar-refractivity contribution in [3.8, 4) is 5.69 Å². The Morgan fingerprint density at radius 3 is 2.75 bits per heavy atom. The van der Waals surface area contributed by atoms with E-state index in [1.165, 1.54) is 0 Å². The number of carbonyl (C=O) groups is 1. The molecule has 1 aromatic heterocycles. The Bertz CT molecular complexity index is 535. The second-order valence-corrected chi connectivity index (χ2v) is 4.60. The number of aliphatic hydroxyl groups is 1. The molecule has 2 N–H and O–H groups in total. The SMILES string of the molecule is CCC(O)CCNC(=O)c1ccc(-n2cccn2)cc1. The molecule has 5 nitrogen and oxygen atoms in total. The van der Waals surface area contributed by atoms with Gasteiger partial charge in [-0.3, -0.25) is 4.79 Å². The van der Waals surface area contributed by atoms with Crippen molar-refractivity contribution in [2.24, 2.45) is 0 Å². The summed E-state index contributed by atoms with van der Waals surface area (Å²) >= 11 is 0. The molecule has 0 spiro atoms. The van der Waals surface area contributed by atoms with Crippen LogP contribution in [0.25, 0.3) is 5.69 Å². The minimum absolute atomic E-state index is 0.125. The van der Waals surface area contributed by atoms with E-state index in [1.54, 1.807) is 23.0 Å². The number of aromatic nitrogens is 2. The highest BCUT2D eigenvalue weighted by molar-refractivity contribution is 5.94. The summed E-state index contributed by atoms with van der Waals surface area (Å²) in [5.41, 5.74) is 1.51. The molecule has 0 bridgehead atoms. The van der Waals surface area contributed by atoms with E-state index < -0.39 is 0 Å². The molecule has 1 amide bonds. The summed E-state index contributed by atoms with van der Waals surface area (Å²) in [5, 5.41) is 16.3. The number of rotatable bonds is 6. The maximum Gasteiger partial charge on any atom is 0.251 e. The summed E-state index contributed by atoms with van der Waals surface area (Å²) < 4.78 is 1.74. The van der Waals surface area contributed by atoms with Crippen LogP contribution in [-0.4, -0.2) is 33.4 Å². The van der Waals surface area contributed by atoms with Gasteiger partial charge < -0.3 is 10.4 Å². The third-order valence-electron chi connectivity index (χ3n) is 3.13. The highest BCUT2D eigenvalue weighted by Gasteiger charge is 2.07. The maximum atomic E-state index is 11.9.